The molecule has 1 heterocycles. The Morgan fingerprint density at radius 3 is 2.81 bits per heavy atom. The Kier molecular flexibility index (Phi) is 2.94. The highest BCUT2D eigenvalue weighted by molar-refractivity contribution is 7.19. The highest BCUT2D eigenvalue weighted by Gasteiger charge is 2.14. The van der Waals surface area contributed by atoms with Crippen LogP contribution in [0, 0.1) is 0 Å². The summed E-state index contributed by atoms with van der Waals surface area (Å²) in [4.78, 5) is 1.47. The molecule has 1 aromatic heterocycles. The lowest BCUT2D eigenvalue weighted by atomic mass is 10.2. The van der Waals surface area contributed by atoms with Crippen molar-refractivity contribution in [3.63, 3.8) is 0 Å². The number of nitrogens with one attached hydrogen (secondary N) is 1. The molecule has 0 amide bonds. The average Bonchev–Trinajstić information content (AvgIpc) is 2.95. The van der Waals surface area contributed by atoms with E-state index in [-0.39, 0.29) is 0 Å². The van der Waals surface area contributed by atoms with E-state index in [1.807, 2.05) is 11.3 Å². The normalized spacial score (nSPS) is 17.2. The maximum atomic E-state index is 3.67. The van der Waals surface area contributed by atoms with Crippen molar-refractivity contribution in [1.29, 1.82) is 0 Å². The minimum absolute atomic E-state index is 0.769. The SMILES string of the molecule is c1ccc2sc(CNC3CCCC3)cc2c1. The molecule has 1 fully saturated rings. The van der Waals surface area contributed by atoms with Gasteiger partial charge in [0.05, 0.1) is 0 Å². The topological polar surface area (TPSA) is 12.0 Å². The first-order chi connectivity index (χ1) is 7.92. The summed E-state index contributed by atoms with van der Waals surface area (Å²) >= 11 is 1.92. The lowest BCUT2D eigenvalue weighted by Gasteiger charge is -2.09. The van der Waals surface area contributed by atoms with Crippen LogP contribution in [0.2, 0.25) is 0 Å². The van der Waals surface area contributed by atoms with Gasteiger partial charge in [-0.25, -0.2) is 0 Å². The second kappa shape index (κ2) is 4.56. The van der Waals surface area contributed by atoms with E-state index in [0.29, 0.717) is 0 Å². The van der Waals surface area contributed by atoms with Gasteiger partial charge in [0, 0.05) is 22.2 Å². The fraction of sp³-hybridized carbons (Fsp3) is 0.429. The van der Waals surface area contributed by atoms with E-state index in [9.17, 15) is 0 Å². The van der Waals surface area contributed by atoms with Gasteiger partial charge in [0.15, 0.2) is 0 Å². The first kappa shape index (κ1) is 10.3. The van der Waals surface area contributed by atoms with E-state index in [0.717, 1.165) is 12.6 Å². The smallest absolute Gasteiger partial charge is 0.0346 e. The van der Waals surface area contributed by atoms with Gasteiger partial charge in [-0.2, -0.15) is 0 Å². The summed E-state index contributed by atoms with van der Waals surface area (Å²) in [5.41, 5.74) is 0. The number of benzene rings is 1. The predicted molar refractivity (Wildman–Crippen MR) is 70.9 cm³/mol. The molecule has 1 nitrogen and oxygen atoms in total. The summed E-state index contributed by atoms with van der Waals surface area (Å²) in [6.45, 7) is 1.05. The van der Waals surface area contributed by atoms with Crippen molar-refractivity contribution in [2.24, 2.45) is 0 Å². The quantitative estimate of drug-likeness (QED) is 0.844. The van der Waals surface area contributed by atoms with Crippen molar-refractivity contribution >= 4 is 21.4 Å². The maximum absolute atomic E-state index is 3.67. The van der Waals surface area contributed by atoms with E-state index in [1.165, 1.54) is 40.6 Å². The third-order valence-corrected chi connectivity index (χ3v) is 4.51. The Morgan fingerprint density at radius 1 is 1.19 bits per heavy atom. The van der Waals surface area contributed by atoms with Gasteiger partial charge in [-0.15, -0.1) is 11.3 Å². The highest BCUT2D eigenvalue weighted by Crippen LogP contribution is 2.26. The Bertz CT molecular complexity index is 435. The summed E-state index contributed by atoms with van der Waals surface area (Å²) in [6, 6.07) is 11.7. The van der Waals surface area contributed by atoms with Crippen LogP contribution in [-0.4, -0.2) is 6.04 Å². The van der Waals surface area contributed by atoms with Crippen molar-refractivity contribution in [3.05, 3.63) is 35.2 Å². The molecule has 1 saturated carbocycles. The Labute approximate surface area is 100 Å². The van der Waals surface area contributed by atoms with Gasteiger partial charge >= 0.3 is 0 Å². The predicted octanol–water partition coefficient (Wildman–Crippen LogP) is 3.93. The number of thiophene rings is 1. The van der Waals surface area contributed by atoms with Crippen LogP contribution >= 0.6 is 11.3 Å². The van der Waals surface area contributed by atoms with E-state index in [4.69, 9.17) is 0 Å². The second-order valence-electron chi connectivity index (χ2n) is 4.61. The van der Waals surface area contributed by atoms with E-state index in [1.54, 1.807) is 0 Å². The van der Waals surface area contributed by atoms with Crippen molar-refractivity contribution < 1.29 is 0 Å². The monoisotopic (exact) mass is 231 g/mol. The molecule has 0 radical (unpaired) electrons. The highest BCUT2D eigenvalue weighted by atomic mass is 32.1. The second-order valence-corrected chi connectivity index (χ2v) is 5.78. The maximum Gasteiger partial charge on any atom is 0.0346 e. The Hall–Kier alpha value is -0.860. The number of hydrogen-bond acceptors (Lipinski definition) is 2. The summed E-state index contributed by atoms with van der Waals surface area (Å²) < 4.78 is 1.41. The summed E-state index contributed by atoms with van der Waals surface area (Å²) in [5.74, 6) is 0. The summed E-state index contributed by atoms with van der Waals surface area (Å²) in [6.07, 6.45) is 5.55. The van der Waals surface area contributed by atoms with Crippen molar-refractivity contribution in [2.45, 2.75) is 38.3 Å². The van der Waals surface area contributed by atoms with Gasteiger partial charge in [0.25, 0.3) is 0 Å². The summed E-state index contributed by atoms with van der Waals surface area (Å²) in [7, 11) is 0. The third kappa shape index (κ3) is 2.13. The Balaban J connectivity index is 1.69. The van der Waals surface area contributed by atoms with Crippen LogP contribution in [0.15, 0.2) is 30.3 Å². The fourth-order valence-corrected chi connectivity index (χ4v) is 3.51. The fourth-order valence-electron chi connectivity index (χ4n) is 2.50. The molecule has 0 spiro atoms. The average molecular weight is 231 g/mol. The molecule has 0 aliphatic heterocycles. The molecular weight excluding hydrogens is 214 g/mol. The van der Waals surface area contributed by atoms with Gasteiger partial charge in [0.1, 0.15) is 0 Å². The minimum atomic E-state index is 0.769. The third-order valence-electron chi connectivity index (χ3n) is 3.40. The van der Waals surface area contributed by atoms with Crippen LogP contribution in [0.1, 0.15) is 30.6 Å². The number of fused-ring (bicyclic) bond motifs is 1. The van der Waals surface area contributed by atoms with Crippen LogP contribution in [0.3, 0.4) is 0 Å². The first-order valence-electron chi connectivity index (χ1n) is 6.13. The van der Waals surface area contributed by atoms with Gasteiger partial charge in [0.2, 0.25) is 0 Å². The molecule has 16 heavy (non-hydrogen) atoms. The summed E-state index contributed by atoms with van der Waals surface area (Å²) in [5, 5.41) is 5.05. The van der Waals surface area contributed by atoms with Gasteiger partial charge in [-0.3, -0.25) is 0 Å². The van der Waals surface area contributed by atoms with E-state index >= 15 is 0 Å². The molecule has 0 bridgehead atoms. The molecule has 1 aromatic carbocycles. The van der Waals surface area contributed by atoms with Gasteiger partial charge < -0.3 is 5.32 Å². The molecule has 1 aliphatic rings. The zero-order valence-electron chi connectivity index (χ0n) is 9.41. The molecule has 2 heteroatoms. The van der Waals surface area contributed by atoms with Gasteiger partial charge in [-0.1, -0.05) is 31.0 Å². The van der Waals surface area contributed by atoms with Crippen LogP contribution in [0.25, 0.3) is 10.1 Å². The molecular formula is C14H17NS. The van der Waals surface area contributed by atoms with Crippen LogP contribution in [0.4, 0.5) is 0 Å². The van der Waals surface area contributed by atoms with Crippen molar-refractivity contribution in [1.82, 2.24) is 5.32 Å². The Morgan fingerprint density at radius 2 is 2.00 bits per heavy atom. The van der Waals surface area contributed by atoms with Crippen LogP contribution in [0.5, 0.6) is 0 Å². The number of hydrogen-bond donors (Lipinski definition) is 1. The van der Waals surface area contributed by atoms with Gasteiger partial charge in [-0.05, 0) is 30.4 Å². The van der Waals surface area contributed by atoms with E-state index in [2.05, 4.69) is 35.6 Å². The minimum Gasteiger partial charge on any atom is -0.309 e. The molecule has 3 rings (SSSR count). The lowest BCUT2D eigenvalue weighted by Crippen LogP contribution is -2.24. The van der Waals surface area contributed by atoms with Crippen LogP contribution in [-0.2, 0) is 6.54 Å². The molecule has 0 saturated heterocycles. The molecule has 0 unspecified atom stereocenters. The lowest BCUT2D eigenvalue weighted by molar-refractivity contribution is 0.527. The van der Waals surface area contributed by atoms with Crippen LogP contribution < -0.4 is 5.32 Å². The molecule has 1 aliphatic carbocycles. The molecule has 2 aromatic rings. The molecule has 1 N–H and O–H groups in total. The first-order valence-corrected chi connectivity index (χ1v) is 6.94. The van der Waals surface area contributed by atoms with Crippen molar-refractivity contribution in [3.8, 4) is 0 Å². The standard InChI is InChI=1S/C14H17NS/c1-4-8-14-11(5-1)9-13(16-14)10-15-12-6-2-3-7-12/h1,4-5,8-9,12,15H,2-3,6-7,10H2. The zero-order valence-corrected chi connectivity index (χ0v) is 10.2. The van der Waals surface area contributed by atoms with Crippen molar-refractivity contribution in [2.75, 3.05) is 0 Å². The van der Waals surface area contributed by atoms with E-state index < -0.39 is 0 Å². The zero-order chi connectivity index (χ0) is 10.8. The number of rotatable bonds is 3. The molecule has 0 atom stereocenters. The largest absolute Gasteiger partial charge is 0.309 e. The molecule has 84 valence electrons.